The second-order valence-electron chi connectivity index (χ2n) is 8.73. The molecule has 33 heavy (non-hydrogen) atoms. The Kier molecular flexibility index (Phi) is 6.58. The Balaban J connectivity index is 1.07. The molecule has 6 nitrogen and oxygen atoms in total. The van der Waals surface area contributed by atoms with Gasteiger partial charge in [-0.15, -0.1) is 11.3 Å². The molecule has 0 bridgehead atoms. The first-order valence-corrected chi connectivity index (χ1v) is 12.8. The number of nitrogens with zero attached hydrogens (tertiary/aromatic N) is 5. The zero-order valence-electron chi connectivity index (χ0n) is 19.2. The fourth-order valence-corrected chi connectivity index (χ4v) is 5.65. The number of amides is 1. The lowest BCUT2D eigenvalue weighted by Gasteiger charge is -2.35. The van der Waals surface area contributed by atoms with Crippen molar-refractivity contribution in [3.63, 3.8) is 0 Å². The van der Waals surface area contributed by atoms with Gasteiger partial charge < -0.3 is 14.4 Å². The Morgan fingerprint density at radius 2 is 1.88 bits per heavy atom. The summed E-state index contributed by atoms with van der Waals surface area (Å²) < 4.78 is 2.32. The van der Waals surface area contributed by atoms with Gasteiger partial charge in [0, 0.05) is 55.7 Å². The van der Waals surface area contributed by atoms with E-state index < -0.39 is 0 Å². The average Bonchev–Trinajstić information content (AvgIpc) is 3.48. The number of unbranched alkanes of at least 4 members (excludes halogenated alkanes) is 2. The van der Waals surface area contributed by atoms with Crippen molar-refractivity contribution in [1.82, 2.24) is 19.4 Å². The highest BCUT2D eigenvalue weighted by molar-refractivity contribution is 7.18. The first-order valence-electron chi connectivity index (χ1n) is 12.0. The molecule has 1 amide bonds. The number of piperazine rings is 1. The molecule has 1 fully saturated rings. The van der Waals surface area contributed by atoms with E-state index in [0.717, 1.165) is 74.4 Å². The molecule has 0 unspecified atom stereocenters. The highest BCUT2D eigenvalue weighted by Gasteiger charge is 2.23. The summed E-state index contributed by atoms with van der Waals surface area (Å²) in [6.45, 7) is 6.38. The number of hydrogen-bond donors (Lipinski definition) is 0. The van der Waals surface area contributed by atoms with E-state index in [4.69, 9.17) is 0 Å². The van der Waals surface area contributed by atoms with Crippen LogP contribution in [0.5, 0.6) is 0 Å². The van der Waals surface area contributed by atoms with Crippen LogP contribution in [0, 0.1) is 0 Å². The molecule has 0 spiro atoms. The molecule has 5 rings (SSSR count). The second-order valence-corrected chi connectivity index (χ2v) is 9.84. The second kappa shape index (κ2) is 9.91. The maximum absolute atomic E-state index is 12.7. The summed E-state index contributed by atoms with van der Waals surface area (Å²) in [5.41, 5.74) is 1.29. The third-order valence-electron chi connectivity index (χ3n) is 6.61. The van der Waals surface area contributed by atoms with Gasteiger partial charge in [-0.1, -0.05) is 31.5 Å². The van der Waals surface area contributed by atoms with E-state index in [1.165, 1.54) is 15.8 Å². The first kappa shape index (κ1) is 21.9. The number of aromatic nitrogens is 3. The number of carbonyl (C=O) groups excluding carboxylic acids is 1. The minimum absolute atomic E-state index is 0.290. The number of benzene rings is 1. The molecule has 0 saturated carbocycles. The maximum atomic E-state index is 12.7. The summed E-state index contributed by atoms with van der Waals surface area (Å²) in [5, 5.41) is 2.44. The number of thiophene rings is 1. The van der Waals surface area contributed by atoms with Gasteiger partial charge in [-0.05, 0) is 42.8 Å². The van der Waals surface area contributed by atoms with Crippen LogP contribution in [0.3, 0.4) is 0 Å². The smallest absolute Gasteiger partial charge is 0.222 e. The van der Waals surface area contributed by atoms with Crippen molar-refractivity contribution in [2.75, 3.05) is 31.1 Å². The molecule has 172 valence electrons. The predicted octanol–water partition coefficient (Wildman–Crippen LogP) is 5.12. The fourth-order valence-electron chi connectivity index (χ4n) is 4.72. The molecule has 1 aromatic carbocycles. The number of carbonyl (C=O) groups is 1. The van der Waals surface area contributed by atoms with Gasteiger partial charge in [0.15, 0.2) is 0 Å². The van der Waals surface area contributed by atoms with E-state index in [9.17, 15) is 4.79 Å². The Bertz CT molecular complexity index is 1240. The topological polar surface area (TPSA) is 54.3 Å². The maximum Gasteiger partial charge on any atom is 0.222 e. The Morgan fingerprint density at radius 3 is 2.73 bits per heavy atom. The summed E-state index contributed by atoms with van der Waals surface area (Å²) in [5.74, 6) is 1.30. The van der Waals surface area contributed by atoms with Gasteiger partial charge in [0.2, 0.25) is 5.91 Å². The van der Waals surface area contributed by atoms with Crippen LogP contribution in [0.4, 0.5) is 5.82 Å². The average molecular weight is 462 g/mol. The minimum atomic E-state index is 0.290. The van der Waals surface area contributed by atoms with Crippen LogP contribution in [-0.2, 0) is 17.8 Å². The molecular formula is C26H31N5OS. The van der Waals surface area contributed by atoms with Crippen molar-refractivity contribution >= 4 is 44.2 Å². The standard InChI is InChI=1S/C26H31N5OS/c1-2-21-18-22-25(27-19-28-26(22)33-21)31-16-14-30(15-17-31)24(32)10-4-3-7-12-29-13-11-20-8-5-6-9-23(20)29/h5-6,8-9,11,13,18-19H,2-4,7,10,12,14-17H2,1H3. The summed E-state index contributed by atoms with van der Waals surface area (Å²) >= 11 is 1.75. The van der Waals surface area contributed by atoms with E-state index in [-0.39, 0.29) is 5.91 Å². The summed E-state index contributed by atoms with van der Waals surface area (Å²) in [4.78, 5) is 28.5. The quantitative estimate of drug-likeness (QED) is 0.342. The van der Waals surface area contributed by atoms with Gasteiger partial charge in [0.05, 0.1) is 5.39 Å². The Morgan fingerprint density at radius 1 is 1.03 bits per heavy atom. The molecule has 0 radical (unpaired) electrons. The highest BCUT2D eigenvalue weighted by Crippen LogP contribution is 2.31. The van der Waals surface area contributed by atoms with E-state index >= 15 is 0 Å². The molecule has 4 aromatic rings. The normalized spacial score (nSPS) is 14.5. The molecule has 0 N–H and O–H groups in total. The molecule has 4 heterocycles. The lowest BCUT2D eigenvalue weighted by atomic mass is 10.1. The third-order valence-corrected chi connectivity index (χ3v) is 7.80. The summed E-state index contributed by atoms with van der Waals surface area (Å²) in [6, 6.07) is 12.9. The van der Waals surface area contributed by atoms with Crippen molar-refractivity contribution in [3.8, 4) is 0 Å². The van der Waals surface area contributed by atoms with Crippen LogP contribution in [0.15, 0.2) is 48.9 Å². The molecule has 1 saturated heterocycles. The first-order chi connectivity index (χ1) is 16.2. The Hall–Kier alpha value is -2.93. The lowest BCUT2D eigenvalue weighted by Crippen LogP contribution is -2.49. The van der Waals surface area contributed by atoms with Gasteiger partial charge in [0.1, 0.15) is 17.0 Å². The van der Waals surface area contributed by atoms with E-state index in [1.54, 1.807) is 17.7 Å². The van der Waals surface area contributed by atoms with Crippen molar-refractivity contribution in [2.45, 2.75) is 45.6 Å². The minimum Gasteiger partial charge on any atom is -0.352 e. The largest absolute Gasteiger partial charge is 0.352 e. The number of aryl methyl sites for hydroxylation is 2. The molecule has 1 aliphatic heterocycles. The monoisotopic (exact) mass is 461 g/mol. The molecule has 0 atom stereocenters. The lowest BCUT2D eigenvalue weighted by molar-refractivity contribution is -0.131. The number of anilines is 1. The predicted molar refractivity (Wildman–Crippen MR) is 136 cm³/mol. The molecule has 7 heteroatoms. The number of fused-ring (bicyclic) bond motifs is 2. The van der Waals surface area contributed by atoms with Crippen LogP contribution >= 0.6 is 11.3 Å². The van der Waals surface area contributed by atoms with Crippen molar-refractivity contribution < 1.29 is 4.79 Å². The third kappa shape index (κ3) is 4.74. The van der Waals surface area contributed by atoms with Crippen molar-refractivity contribution in [3.05, 3.63) is 53.8 Å². The summed E-state index contributed by atoms with van der Waals surface area (Å²) in [6.07, 6.45) is 8.64. The van der Waals surface area contributed by atoms with Crippen LogP contribution in [-0.4, -0.2) is 51.5 Å². The number of para-hydroxylation sites is 1. The number of rotatable bonds is 8. The van der Waals surface area contributed by atoms with Crippen molar-refractivity contribution in [1.29, 1.82) is 0 Å². The zero-order chi connectivity index (χ0) is 22.6. The van der Waals surface area contributed by atoms with E-state index in [0.29, 0.717) is 6.42 Å². The molecule has 3 aromatic heterocycles. The number of hydrogen-bond acceptors (Lipinski definition) is 5. The van der Waals surface area contributed by atoms with E-state index in [2.05, 4.69) is 69.0 Å². The van der Waals surface area contributed by atoms with Crippen LogP contribution < -0.4 is 4.90 Å². The SMILES string of the molecule is CCc1cc2c(N3CCN(C(=O)CCCCCn4ccc5ccccc54)CC3)ncnc2s1. The van der Waals surface area contributed by atoms with Gasteiger partial charge in [-0.25, -0.2) is 9.97 Å². The fraction of sp³-hybridized carbons (Fsp3) is 0.423. The van der Waals surface area contributed by atoms with Crippen molar-refractivity contribution in [2.24, 2.45) is 0 Å². The van der Waals surface area contributed by atoms with Crippen LogP contribution in [0.25, 0.3) is 21.1 Å². The highest BCUT2D eigenvalue weighted by atomic mass is 32.1. The van der Waals surface area contributed by atoms with Gasteiger partial charge in [-0.3, -0.25) is 4.79 Å². The van der Waals surface area contributed by atoms with Crippen LogP contribution in [0.1, 0.15) is 37.5 Å². The zero-order valence-corrected chi connectivity index (χ0v) is 20.1. The van der Waals surface area contributed by atoms with Gasteiger partial charge in [-0.2, -0.15) is 0 Å². The van der Waals surface area contributed by atoms with E-state index in [1.807, 2.05) is 4.90 Å². The van der Waals surface area contributed by atoms with Gasteiger partial charge >= 0.3 is 0 Å². The summed E-state index contributed by atoms with van der Waals surface area (Å²) in [7, 11) is 0. The molecule has 0 aliphatic carbocycles. The molecular weight excluding hydrogens is 430 g/mol. The Labute approximate surface area is 198 Å². The molecule has 1 aliphatic rings. The van der Waals surface area contributed by atoms with Crippen LogP contribution in [0.2, 0.25) is 0 Å². The van der Waals surface area contributed by atoms with Gasteiger partial charge in [0.25, 0.3) is 0 Å².